The van der Waals surface area contributed by atoms with Gasteiger partial charge in [-0.1, -0.05) is 5.16 Å². The highest BCUT2D eigenvalue weighted by Gasteiger charge is 2.20. The molecule has 0 aromatic carbocycles. The van der Waals surface area contributed by atoms with Crippen molar-refractivity contribution >= 4 is 12.2 Å². The second-order valence-electron chi connectivity index (χ2n) is 4.18. The van der Waals surface area contributed by atoms with Crippen LogP contribution in [0.2, 0.25) is 0 Å². The third-order valence-corrected chi connectivity index (χ3v) is 1.64. The Bertz CT molecular complexity index is 408. The molecule has 1 aromatic heterocycles. The van der Waals surface area contributed by atoms with Gasteiger partial charge >= 0.3 is 5.97 Å². The molecule has 1 rings (SSSR count). The molecule has 16 heavy (non-hydrogen) atoms. The fourth-order valence-electron chi connectivity index (χ4n) is 1.08. The molecule has 1 N–H and O–H groups in total. The quantitative estimate of drug-likeness (QED) is 0.358. The third-order valence-electron chi connectivity index (χ3n) is 1.64. The van der Waals surface area contributed by atoms with E-state index >= 15 is 0 Å². The summed E-state index contributed by atoms with van der Waals surface area (Å²) in [4.78, 5) is 15.7. The zero-order valence-corrected chi connectivity index (χ0v) is 9.47. The highest BCUT2D eigenvalue weighted by molar-refractivity contribution is 5.98. The Labute approximate surface area is 93.8 Å². The Kier molecular flexibility index (Phi) is 3.60. The summed E-state index contributed by atoms with van der Waals surface area (Å²) in [6.07, 6.45) is 2.60. The molecule has 1 aromatic rings. The number of oxime groups is 1. The molecule has 0 unspecified atom stereocenters. The van der Waals surface area contributed by atoms with Crippen molar-refractivity contribution < 1.29 is 14.7 Å². The van der Waals surface area contributed by atoms with Crippen LogP contribution in [0.5, 0.6) is 0 Å². The molecule has 0 saturated heterocycles. The number of nitrogens with zero attached hydrogens (tertiary/aromatic N) is 2. The standard InChI is InChI=1S/C11H14N2O3/c1-11(2,3)16-10(14)8-5-4-6-12-9(8)7-13-15/h4-7,15H,1-3H3/b13-7-. The normalized spacial score (nSPS) is 11.7. The van der Waals surface area contributed by atoms with Crippen LogP contribution in [-0.2, 0) is 4.74 Å². The molecule has 0 saturated carbocycles. The predicted octanol–water partition coefficient (Wildman–Crippen LogP) is 1.84. The lowest BCUT2D eigenvalue weighted by atomic mass is 10.1. The summed E-state index contributed by atoms with van der Waals surface area (Å²) in [5, 5.41) is 11.3. The molecule has 0 fully saturated rings. The van der Waals surface area contributed by atoms with Crippen molar-refractivity contribution in [2.45, 2.75) is 26.4 Å². The Balaban J connectivity index is 2.99. The summed E-state index contributed by atoms with van der Waals surface area (Å²) in [5.74, 6) is -0.490. The lowest BCUT2D eigenvalue weighted by Gasteiger charge is -2.19. The topological polar surface area (TPSA) is 71.8 Å². The zero-order valence-electron chi connectivity index (χ0n) is 9.47. The molecule has 0 spiro atoms. The van der Waals surface area contributed by atoms with Crippen molar-refractivity contribution in [1.82, 2.24) is 4.98 Å². The molecular formula is C11H14N2O3. The monoisotopic (exact) mass is 222 g/mol. The number of rotatable bonds is 2. The van der Waals surface area contributed by atoms with Crippen LogP contribution in [0, 0.1) is 0 Å². The van der Waals surface area contributed by atoms with Crippen LogP contribution in [0.1, 0.15) is 36.8 Å². The highest BCUT2D eigenvalue weighted by Crippen LogP contribution is 2.13. The Morgan fingerprint density at radius 1 is 1.56 bits per heavy atom. The van der Waals surface area contributed by atoms with Gasteiger partial charge in [-0.15, -0.1) is 0 Å². The van der Waals surface area contributed by atoms with Crippen LogP contribution in [-0.4, -0.2) is 28.0 Å². The van der Waals surface area contributed by atoms with Crippen molar-refractivity contribution in [2.75, 3.05) is 0 Å². The van der Waals surface area contributed by atoms with E-state index in [2.05, 4.69) is 10.1 Å². The Hall–Kier alpha value is -1.91. The summed E-state index contributed by atoms with van der Waals surface area (Å²) >= 11 is 0. The summed E-state index contributed by atoms with van der Waals surface area (Å²) in [6.45, 7) is 5.34. The maximum absolute atomic E-state index is 11.8. The van der Waals surface area contributed by atoms with Crippen LogP contribution in [0.25, 0.3) is 0 Å². The SMILES string of the molecule is CC(C)(C)OC(=O)c1cccnc1/C=N\O. The summed E-state index contributed by atoms with van der Waals surface area (Å²) < 4.78 is 5.19. The number of aromatic nitrogens is 1. The van der Waals surface area contributed by atoms with Gasteiger partial charge in [0.15, 0.2) is 0 Å². The van der Waals surface area contributed by atoms with E-state index in [0.717, 1.165) is 6.21 Å². The van der Waals surface area contributed by atoms with Gasteiger partial charge in [0, 0.05) is 6.20 Å². The summed E-state index contributed by atoms with van der Waals surface area (Å²) in [5.41, 5.74) is -0.0185. The van der Waals surface area contributed by atoms with Gasteiger partial charge in [0.1, 0.15) is 5.60 Å². The van der Waals surface area contributed by atoms with Gasteiger partial charge in [-0.05, 0) is 32.9 Å². The Morgan fingerprint density at radius 2 is 2.25 bits per heavy atom. The second-order valence-corrected chi connectivity index (χ2v) is 4.18. The number of carbonyl (C=O) groups is 1. The Morgan fingerprint density at radius 3 is 2.81 bits per heavy atom. The number of hydrogen-bond acceptors (Lipinski definition) is 5. The van der Waals surface area contributed by atoms with E-state index in [0.29, 0.717) is 0 Å². The average molecular weight is 222 g/mol. The van der Waals surface area contributed by atoms with Gasteiger partial charge in [0.2, 0.25) is 0 Å². The van der Waals surface area contributed by atoms with Crippen molar-refractivity contribution in [3.8, 4) is 0 Å². The number of hydrogen-bond donors (Lipinski definition) is 1. The van der Waals surface area contributed by atoms with E-state index in [9.17, 15) is 4.79 Å². The van der Waals surface area contributed by atoms with Gasteiger partial charge < -0.3 is 9.94 Å². The fourth-order valence-corrected chi connectivity index (χ4v) is 1.08. The van der Waals surface area contributed by atoms with E-state index < -0.39 is 11.6 Å². The first kappa shape index (κ1) is 12.2. The molecule has 5 nitrogen and oxygen atoms in total. The van der Waals surface area contributed by atoms with Gasteiger partial charge in [-0.25, -0.2) is 4.79 Å². The molecule has 0 atom stereocenters. The molecule has 0 radical (unpaired) electrons. The number of pyridine rings is 1. The summed E-state index contributed by atoms with van der Waals surface area (Å²) in [6, 6.07) is 3.19. The first-order valence-corrected chi connectivity index (χ1v) is 4.80. The molecule has 5 heteroatoms. The molecule has 0 aliphatic rings. The van der Waals surface area contributed by atoms with E-state index in [1.807, 2.05) is 0 Å². The molecular weight excluding hydrogens is 208 g/mol. The minimum atomic E-state index is -0.569. The lowest BCUT2D eigenvalue weighted by molar-refractivity contribution is 0.00690. The van der Waals surface area contributed by atoms with E-state index in [1.165, 1.54) is 6.20 Å². The predicted molar refractivity (Wildman–Crippen MR) is 58.8 cm³/mol. The molecule has 86 valence electrons. The lowest BCUT2D eigenvalue weighted by Crippen LogP contribution is -2.24. The largest absolute Gasteiger partial charge is 0.456 e. The third kappa shape index (κ3) is 3.34. The molecule has 1 heterocycles. The van der Waals surface area contributed by atoms with Crippen LogP contribution in [0.4, 0.5) is 0 Å². The zero-order chi connectivity index (χ0) is 12.2. The minimum Gasteiger partial charge on any atom is -0.456 e. The van der Waals surface area contributed by atoms with Gasteiger partial charge in [0.25, 0.3) is 0 Å². The average Bonchev–Trinajstić information content (AvgIpc) is 2.16. The van der Waals surface area contributed by atoms with Crippen molar-refractivity contribution in [3.63, 3.8) is 0 Å². The summed E-state index contributed by atoms with van der Waals surface area (Å²) in [7, 11) is 0. The van der Waals surface area contributed by atoms with Crippen LogP contribution in [0.3, 0.4) is 0 Å². The van der Waals surface area contributed by atoms with Crippen molar-refractivity contribution in [3.05, 3.63) is 29.6 Å². The minimum absolute atomic E-state index is 0.273. The number of esters is 1. The van der Waals surface area contributed by atoms with Crippen molar-refractivity contribution in [2.24, 2.45) is 5.16 Å². The van der Waals surface area contributed by atoms with Crippen LogP contribution >= 0.6 is 0 Å². The van der Waals surface area contributed by atoms with E-state index in [1.54, 1.807) is 32.9 Å². The second kappa shape index (κ2) is 4.74. The highest BCUT2D eigenvalue weighted by atomic mass is 16.6. The maximum atomic E-state index is 11.8. The first-order valence-electron chi connectivity index (χ1n) is 4.80. The van der Waals surface area contributed by atoms with Gasteiger partial charge in [-0.3, -0.25) is 4.98 Å². The molecule has 0 bridgehead atoms. The maximum Gasteiger partial charge on any atom is 0.340 e. The van der Waals surface area contributed by atoms with Gasteiger partial charge in [-0.2, -0.15) is 0 Å². The number of carbonyl (C=O) groups excluding carboxylic acids is 1. The molecule has 0 aliphatic heterocycles. The smallest absolute Gasteiger partial charge is 0.340 e. The first-order chi connectivity index (χ1) is 7.44. The van der Waals surface area contributed by atoms with Crippen LogP contribution in [0.15, 0.2) is 23.5 Å². The number of ether oxygens (including phenoxy) is 1. The van der Waals surface area contributed by atoms with Crippen LogP contribution < -0.4 is 0 Å². The van der Waals surface area contributed by atoms with Gasteiger partial charge in [0.05, 0.1) is 17.5 Å². The molecule has 0 aliphatic carbocycles. The fraction of sp³-hybridized carbons (Fsp3) is 0.364. The van der Waals surface area contributed by atoms with E-state index in [4.69, 9.17) is 9.94 Å². The van der Waals surface area contributed by atoms with E-state index in [-0.39, 0.29) is 11.3 Å². The van der Waals surface area contributed by atoms with Crippen molar-refractivity contribution in [1.29, 1.82) is 0 Å². The molecule has 0 amide bonds.